The maximum atomic E-state index is 13.3. The molecule has 0 unspecified atom stereocenters. The molecular formula is C24H24ClN3O5S2. The zero-order chi connectivity index (χ0) is 25.3. The maximum absolute atomic E-state index is 13.3. The van der Waals surface area contributed by atoms with Crippen LogP contribution >= 0.6 is 23.4 Å². The van der Waals surface area contributed by atoms with Crippen molar-refractivity contribution in [2.45, 2.75) is 17.1 Å². The summed E-state index contributed by atoms with van der Waals surface area (Å²) in [6.45, 7) is -0.0738. The second-order valence-corrected chi connectivity index (χ2v) is 10.8. The number of sulfonamides is 1. The van der Waals surface area contributed by atoms with E-state index in [1.165, 1.54) is 36.4 Å². The van der Waals surface area contributed by atoms with E-state index in [9.17, 15) is 23.3 Å². The topological polar surface area (TPSA) is 110 Å². The van der Waals surface area contributed by atoms with Gasteiger partial charge in [-0.25, -0.2) is 8.42 Å². The van der Waals surface area contributed by atoms with Crippen LogP contribution in [0.4, 0.5) is 11.4 Å². The molecule has 0 aromatic heterocycles. The SMILES string of the molecule is O=C(CN(c1ccc([N+](=O)[O-])cc1)S(=O)(=O)c1ccccc1)NCCCSCc1ccccc1Cl. The van der Waals surface area contributed by atoms with Crippen molar-refractivity contribution in [1.29, 1.82) is 0 Å². The second-order valence-electron chi connectivity index (χ2n) is 7.45. The van der Waals surface area contributed by atoms with E-state index in [4.69, 9.17) is 11.6 Å². The molecular weight excluding hydrogens is 510 g/mol. The van der Waals surface area contributed by atoms with Crippen molar-refractivity contribution in [2.24, 2.45) is 0 Å². The highest BCUT2D eigenvalue weighted by Crippen LogP contribution is 2.26. The van der Waals surface area contributed by atoms with Gasteiger partial charge in [-0.05, 0) is 48.1 Å². The fraction of sp³-hybridized carbons (Fsp3) is 0.208. The number of hydrogen-bond donors (Lipinski definition) is 1. The highest BCUT2D eigenvalue weighted by molar-refractivity contribution is 7.98. The summed E-state index contributed by atoms with van der Waals surface area (Å²) in [5.41, 5.74) is 1.03. The van der Waals surface area contributed by atoms with Gasteiger partial charge < -0.3 is 5.32 Å². The van der Waals surface area contributed by atoms with Crippen molar-refractivity contribution in [3.8, 4) is 0 Å². The van der Waals surface area contributed by atoms with E-state index >= 15 is 0 Å². The number of hydrogen-bond acceptors (Lipinski definition) is 6. The lowest BCUT2D eigenvalue weighted by molar-refractivity contribution is -0.384. The Bertz CT molecular complexity index is 1260. The van der Waals surface area contributed by atoms with Crippen LogP contribution in [0.5, 0.6) is 0 Å². The van der Waals surface area contributed by atoms with Gasteiger partial charge >= 0.3 is 0 Å². The van der Waals surface area contributed by atoms with Gasteiger partial charge in [0.15, 0.2) is 0 Å². The largest absolute Gasteiger partial charge is 0.354 e. The minimum absolute atomic E-state index is 0.0159. The molecule has 1 N–H and O–H groups in total. The van der Waals surface area contributed by atoms with Gasteiger partial charge in [0, 0.05) is 29.5 Å². The fourth-order valence-electron chi connectivity index (χ4n) is 3.16. The molecule has 0 aliphatic heterocycles. The van der Waals surface area contributed by atoms with E-state index in [2.05, 4.69) is 5.32 Å². The summed E-state index contributed by atoms with van der Waals surface area (Å²) in [6.07, 6.45) is 0.698. The van der Waals surface area contributed by atoms with Crippen LogP contribution in [0, 0.1) is 10.1 Å². The van der Waals surface area contributed by atoms with Gasteiger partial charge in [0.2, 0.25) is 5.91 Å². The third-order valence-corrected chi connectivity index (χ3v) is 8.22. The zero-order valence-electron chi connectivity index (χ0n) is 18.7. The Morgan fingerprint density at radius 3 is 2.31 bits per heavy atom. The van der Waals surface area contributed by atoms with Gasteiger partial charge in [-0.15, -0.1) is 0 Å². The van der Waals surface area contributed by atoms with Gasteiger partial charge in [-0.1, -0.05) is 48.0 Å². The van der Waals surface area contributed by atoms with E-state index in [-0.39, 0.29) is 16.3 Å². The summed E-state index contributed by atoms with van der Waals surface area (Å²) in [5.74, 6) is 1.08. The van der Waals surface area contributed by atoms with Crippen LogP contribution in [-0.4, -0.2) is 38.1 Å². The summed E-state index contributed by atoms with van der Waals surface area (Å²) in [7, 11) is -4.07. The Labute approximate surface area is 213 Å². The summed E-state index contributed by atoms with van der Waals surface area (Å²) < 4.78 is 27.5. The molecule has 0 radical (unpaired) electrons. The summed E-state index contributed by atoms with van der Waals surface area (Å²) >= 11 is 7.84. The molecule has 1 amide bonds. The number of benzene rings is 3. The molecule has 0 saturated heterocycles. The van der Waals surface area contributed by atoms with Gasteiger partial charge in [0.05, 0.1) is 15.5 Å². The van der Waals surface area contributed by atoms with Crippen LogP contribution in [-0.2, 0) is 20.6 Å². The predicted molar refractivity (Wildman–Crippen MR) is 139 cm³/mol. The van der Waals surface area contributed by atoms with Crippen molar-refractivity contribution in [2.75, 3.05) is 23.1 Å². The third-order valence-electron chi connectivity index (χ3n) is 4.97. The number of nitro benzene ring substituents is 1. The van der Waals surface area contributed by atoms with Crippen LogP contribution < -0.4 is 9.62 Å². The van der Waals surface area contributed by atoms with Gasteiger partial charge in [0.25, 0.3) is 15.7 Å². The Morgan fingerprint density at radius 2 is 1.66 bits per heavy atom. The number of amides is 1. The lowest BCUT2D eigenvalue weighted by atomic mass is 10.2. The minimum atomic E-state index is -4.07. The quantitative estimate of drug-likeness (QED) is 0.202. The fourth-order valence-corrected chi connectivity index (χ4v) is 5.85. The molecule has 3 aromatic carbocycles. The number of halogens is 1. The Hall–Kier alpha value is -3.08. The Morgan fingerprint density at radius 1 is 1.00 bits per heavy atom. The first-order valence-corrected chi connectivity index (χ1v) is 13.7. The van der Waals surface area contributed by atoms with Gasteiger partial charge in [-0.2, -0.15) is 11.8 Å². The summed E-state index contributed by atoms with van der Waals surface area (Å²) in [6, 6.07) is 20.4. The average Bonchev–Trinajstić information content (AvgIpc) is 2.86. The number of carbonyl (C=O) groups excluding carboxylic acids is 1. The van der Waals surface area contributed by atoms with Crippen molar-refractivity contribution >= 4 is 50.7 Å². The number of thioether (sulfide) groups is 1. The second kappa shape index (κ2) is 12.6. The third kappa shape index (κ3) is 7.45. The number of anilines is 1. The smallest absolute Gasteiger partial charge is 0.269 e. The molecule has 0 bridgehead atoms. The van der Waals surface area contributed by atoms with E-state index in [1.54, 1.807) is 30.0 Å². The molecule has 184 valence electrons. The molecule has 3 aromatic rings. The van der Waals surface area contributed by atoms with Crippen LogP contribution in [0.25, 0.3) is 0 Å². The normalized spacial score (nSPS) is 11.1. The lowest BCUT2D eigenvalue weighted by Crippen LogP contribution is -2.41. The maximum Gasteiger partial charge on any atom is 0.269 e. The zero-order valence-corrected chi connectivity index (χ0v) is 21.1. The molecule has 35 heavy (non-hydrogen) atoms. The first-order valence-electron chi connectivity index (χ1n) is 10.7. The van der Waals surface area contributed by atoms with E-state index in [0.29, 0.717) is 13.0 Å². The Balaban J connectivity index is 1.61. The molecule has 3 rings (SSSR count). The van der Waals surface area contributed by atoms with Crippen LogP contribution in [0.2, 0.25) is 5.02 Å². The minimum Gasteiger partial charge on any atom is -0.354 e. The average molecular weight is 534 g/mol. The number of nitrogens with zero attached hydrogens (tertiary/aromatic N) is 2. The van der Waals surface area contributed by atoms with Crippen molar-refractivity contribution in [3.63, 3.8) is 0 Å². The highest BCUT2D eigenvalue weighted by atomic mass is 35.5. The van der Waals surface area contributed by atoms with Gasteiger partial charge in [0.1, 0.15) is 6.54 Å². The van der Waals surface area contributed by atoms with Crippen molar-refractivity contribution in [1.82, 2.24) is 5.32 Å². The molecule has 0 saturated carbocycles. The molecule has 0 atom stereocenters. The highest BCUT2D eigenvalue weighted by Gasteiger charge is 2.27. The summed E-state index contributed by atoms with van der Waals surface area (Å²) in [4.78, 5) is 23.0. The van der Waals surface area contributed by atoms with Crippen LogP contribution in [0.1, 0.15) is 12.0 Å². The monoisotopic (exact) mass is 533 g/mol. The number of carbonyl (C=O) groups is 1. The Kier molecular flexibility index (Phi) is 9.53. The number of nitrogens with one attached hydrogen (secondary N) is 1. The number of non-ortho nitro benzene ring substituents is 1. The standard InChI is InChI=1S/C24H24ClN3O5S2/c25-23-10-5-4-7-19(23)18-34-16-6-15-26-24(29)17-27(20-11-13-21(14-12-20)28(30)31)35(32,33)22-8-2-1-3-9-22/h1-5,7-14H,6,15-18H2,(H,26,29). The van der Waals surface area contributed by atoms with E-state index in [1.807, 2.05) is 24.3 Å². The van der Waals surface area contributed by atoms with Crippen molar-refractivity contribution in [3.05, 3.63) is 99.6 Å². The molecule has 0 spiro atoms. The number of nitro groups is 1. The molecule has 8 nitrogen and oxygen atoms in total. The molecule has 0 fully saturated rings. The molecule has 0 heterocycles. The lowest BCUT2D eigenvalue weighted by Gasteiger charge is -2.24. The van der Waals surface area contributed by atoms with Crippen molar-refractivity contribution < 1.29 is 18.1 Å². The first kappa shape index (κ1) is 26.5. The van der Waals surface area contributed by atoms with Crippen LogP contribution in [0.3, 0.4) is 0 Å². The van der Waals surface area contributed by atoms with Crippen LogP contribution in [0.15, 0.2) is 83.8 Å². The first-order chi connectivity index (χ1) is 16.8. The molecule has 11 heteroatoms. The molecule has 0 aliphatic carbocycles. The predicted octanol–water partition coefficient (Wildman–Crippen LogP) is 4.88. The van der Waals surface area contributed by atoms with E-state index in [0.717, 1.165) is 26.4 Å². The summed E-state index contributed by atoms with van der Waals surface area (Å²) in [5, 5.41) is 14.4. The van der Waals surface area contributed by atoms with Gasteiger partial charge in [-0.3, -0.25) is 19.2 Å². The molecule has 0 aliphatic rings. The van der Waals surface area contributed by atoms with E-state index < -0.39 is 27.4 Å². The number of rotatable bonds is 12.